The summed E-state index contributed by atoms with van der Waals surface area (Å²) in [5.74, 6) is -6.32. The van der Waals surface area contributed by atoms with Gasteiger partial charge in [-0.15, -0.1) is 0 Å². The topological polar surface area (TPSA) is 215 Å². The average molecular weight is 636 g/mol. The van der Waals surface area contributed by atoms with E-state index in [1.54, 1.807) is 27.7 Å². The third-order valence-electron chi connectivity index (χ3n) is 5.56. The van der Waals surface area contributed by atoms with Crippen molar-refractivity contribution in [1.29, 1.82) is 0 Å². The fourth-order valence-corrected chi connectivity index (χ4v) is 3.11. The van der Waals surface area contributed by atoms with Crippen LogP contribution in [0.2, 0.25) is 0 Å². The van der Waals surface area contributed by atoms with E-state index in [0.29, 0.717) is 6.61 Å². The van der Waals surface area contributed by atoms with Gasteiger partial charge in [0.05, 0.1) is 26.9 Å². The number of nitrogens with two attached hydrogens (primary N) is 1. The summed E-state index contributed by atoms with van der Waals surface area (Å²) in [7, 11) is 1.19. The Bertz CT molecular complexity index is 1100. The molecule has 0 heterocycles. The Hall–Kier alpha value is -4.25. The van der Waals surface area contributed by atoms with Crippen LogP contribution in [0, 0.1) is 11.8 Å². The first-order valence-corrected chi connectivity index (χ1v) is 13.3. The van der Waals surface area contributed by atoms with E-state index in [0.717, 1.165) is 5.56 Å². The van der Waals surface area contributed by atoms with E-state index in [2.05, 4.69) is 26.0 Å². The number of nitrogens with one attached hydrogen (secondary N) is 4. The van der Waals surface area contributed by atoms with Gasteiger partial charge in [0.15, 0.2) is 0 Å². The quantitative estimate of drug-likeness (QED) is 0.140. The maximum absolute atomic E-state index is 13.0. The van der Waals surface area contributed by atoms with Crippen molar-refractivity contribution in [2.45, 2.75) is 58.6 Å². The highest BCUT2D eigenvalue weighted by atomic mass is 19.4. The van der Waals surface area contributed by atoms with Crippen molar-refractivity contribution in [2.24, 2.45) is 17.6 Å². The highest BCUT2D eigenvalue weighted by Gasteiger charge is 2.38. The lowest BCUT2D eigenvalue weighted by molar-refractivity contribution is -0.192. The zero-order chi connectivity index (χ0) is 34.0. The number of ether oxygens (including phenoxy) is 2. The molecule has 0 aliphatic heterocycles. The summed E-state index contributed by atoms with van der Waals surface area (Å²) < 4.78 is 41.7. The summed E-state index contributed by atoms with van der Waals surface area (Å²) in [4.78, 5) is 70.1. The second-order valence-corrected chi connectivity index (χ2v) is 9.94. The van der Waals surface area contributed by atoms with Crippen molar-refractivity contribution in [2.75, 3.05) is 26.8 Å². The van der Waals surface area contributed by atoms with Crippen LogP contribution in [0.4, 0.5) is 13.2 Å². The first-order valence-electron chi connectivity index (χ1n) is 13.3. The van der Waals surface area contributed by atoms with Gasteiger partial charge in [-0.2, -0.15) is 13.2 Å². The minimum atomic E-state index is -5.08. The number of carboxylic acids is 1. The van der Waals surface area contributed by atoms with Gasteiger partial charge in [-0.05, 0) is 17.4 Å². The number of hydrogen-bond donors (Lipinski definition) is 6. The normalized spacial score (nSPS) is 13.0. The molecule has 44 heavy (non-hydrogen) atoms. The molecule has 0 spiro atoms. The Labute approximate surface area is 252 Å². The number of carbonyl (C=O) groups is 6. The van der Waals surface area contributed by atoms with Crippen molar-refractivity contribution >= 4 is 35.6 Å². The Kier molecular flexibility index (Phi) is 17.9. The molecule has 0 saturated carbocycles. The second kappa shape index (κ2) is 19.8. The number of hydrogen-bond acceptors (Lipinski definition) is 9. The van der Waals surface area contributed by atoms with Crippen LogP contribution in [0.1, 0.15) is 33.3 Å². The Morgan fingerprint density at radius 1 is 0.841 bits per heavy atom. The highest BCUT2D eigenvalue weighted by molar-refractivity contribution is 5.94. The van der Waals surface area contributed by atoms with Gasteiger partial charge < -0.3 is 41.6 Å². The summed E-state index contributed by atoms with van der Waals surface area (Å²) in [6.45, 7) is 6.48. The van der Waals surface area contributed by atoms with E-state index in [1.807, 2.05) is 30.3 Å². The Morgan fingerprint density at radius 2 is 1.34 bits per heavy atom. The number of halogens is 3. The molecule has 0 aliphatic rings. The van der Waals surface area contributed by atoms with Gasteiger partial charge in [-0.1, -0.05) is 58.0 Å². The lowest BCUT2D eigenvalue weighted by Crippen LogP contribution is -2.59. The average Bonchev–Trinajstić information content (AvgIpc) is 2.95. The van der Waals surface area contributed by atoms with Gasteiger partial charge in [0, 0.05) is 0 Å². The molecule has 0 aromatic heterocycles. The van der Waals surface area contributed by atoms with E-state index < -0.39 is 66.4 Å². The first-order chi connectivity index (χ1) is 20.4. The van der Waals surface area contributed by atoms with Gasteiger partial charge >= 0.3 is 18.1 Å². The zero-order valence-electron chi connectivity index (χ0n) is 25.0. The van der Waals surface area contributed by atoms with Crippen LogP contribution in [-0.4, -0.2) is 91.8 Å². The molecule has 1 rings (SSSR count). The number of carboxylic acid groups (broad SMARTS) is 1. The van der Waals surface area contributed by atoms with E-state index in [9.17, 15) is 37.1 Å². The zero-order valence-corrected chi connectivity index (χ0v) is 25.0. The Balaban J connectivity index is 0.00000234. The number of alkyl halides is 3. The van der Waals surface area contributed by atoms with Gasteiger partial charge in [-0.25, -0.2) is 4.79 Å². The first kappa shape index (κ1) is 39.8. The summed E-state index contributed by atoms with van der Waals surface area (Å²) in [6.07, 6.45) is -5.08. The molecular formula is C27H40F3N5O9. The molecular weight excluding hydrogens is 595 g/mol. The van der Waals surface area contributed by atoms with Crippen molar-refractivity contribution in [1.82, 2.24) is 21.3 Å². The van der Waals surface area contributed by atoms with E-state index in [1.165, 1.54) is 7.11 Å². The third-order valence-corrected chi connectivity index (χ3v) is 5.56. The van der Waals surface area contributed by atoms with Crippen LogP contribution >= 0.6 is 0 Å². The molecule has 1 aromatic carbocycles. The van der Waals surface area contributed by atoms with Crippen LogP contribution in [0.25, 0.3) is 0 Å². The fourth-order valence-electron chi connectivity index (χ4n) is 3.11. The molecule has 0 bridgehead atoms. The second-order valence-electron chi connectivity index (χ2n) is 9.94. The van der Waals surface area contributed by atoms with Crippen molar-refractivity contribution in [3.8, 4) is 0 Å². The summed E-state index contributed by atoms with van der Waals surface area (Å²) in [6, 6.07) is 6.50. The molecule has 1 aromatic rings. The van der Waals surface area contributed by atoms with Crippen molar-refractivity contribution in [3.63, 3.8) is 0 Å². The largest absolute Gasteiger partial charge is 0.490 e. The molecule has 0 saturated heterocycles. The Morgan fingerprint density at radius 3 is 1.82 bits per heavy atom. The number of carbonyl (C=O) groups excluding carboxylic acids is 5. The van der Waals surface area contributed by atoms with Crippen LogP contribution < -0.4 is 27.0 Å². The molecule has 4 amide bonds. The highest BCUT2D eigenvalue weighted by Crippen LogP contribution is 2.13. The molecule has 0 aliphatic carbocycles. The van der Waals surface area contributed by atoms with E-state index in [4.69, 9.17) is 20.4 Å². The maximum Gasteiger partial charge on any atom is 0.490 e. The number of methoxy groups -OCH3 is 1. The molecule has 3 atom stereocenters. The summed E-state index contributed by atoms with van der Waals surface area (Å²) in [5, 5.41) is 17.1. The third kappa shape index (κ3) is 16.4. The smallest absolute Gasteiger partial charge is 0.475 e. The number of amides is 4. The minimum absolute atomic E-state index is 0.0395. The van der Waals surface area contributed by atoms with Crippen molar-refractivity contribution in [3.05, 3.63) is 35.9 Å². The van der Waals surface area contributed by atoms with Gasteiger partial charge in [0.25, 0.3) is 0 Å². The SMILES string of the molecule is COC(=O)CNC(=O)CNC(=O)[C@@H](NC(=O)[C@@H](NC(=O)[C@@H](N)COCc1ccccc1)C(C)C)C(C)C.O=C(O)C(F)(F)F. The summed E-state index contributed by atoms with van der Waals surface area (Å²) in [5.41, 5.74) is 6.89. The molecule has 7 N–H and O–H groups in total. The van der Waals surface area contributed by atoms with Crippen molar-refractivity contribution < 1.29 is 56.5 Å². The molecule has 248 valence electrons. The van der Waals surface area contributed by atoms with Gasteiger partial charge in [0.2, 0.25) is 23.6 Å². The lowest BCUT2D eigenvalue weighted by Gasteiger charge is -2.27. The predicted octanol–water partition coefficient (Wildman–Crippen LogP) is -0.149. The van der Waals surface area contributed by atoms with Crippen LogP contribution in [0.5, 0.6) is 0 Å². The van der Waals surface area contributed by atoms with Crippen LogP contribution in [0.3, 0.4) is 0 Å². The maximum atomic E-state index is 13.0. The fraction of sp³-hybridized carbons (Fsp3) is 0.556. The van der Waals surface area contributed by atoms with Crippen LogP contribution in [0.15, 0.2) is 30.3 Å². The molecule has 0 unspecified atom stereocenters. The number of aliphatic carboxylic acids is 1. The van der Waals surface area contributed by atoms with Gasteiger partial charge in [-0.3, -0.25) is 24.0 Å². The van der Waals surface area contributed by atoms with E-state index >= 15 is 0 Å². The molecule has 0 fully saturated rings. The molecule has 14 nitrogen and oxygen atoms in total. The van der Waals surface area contributed by atoms with E-state index in [-0.39, 0.29) is 25.0 Å². The lowest BCUT2D eigenvalue weighted by atomic mass is 9.99. The number of benzene rings is 1. The van der Waals surface area contributed by atoms with Crippen LogP contribution in [-0.2, 0) is 44.8 Å². The molecule has 17 heteroatoms. The summed E-state index contributed by atoms with van der Waals surface area (Å²) >= 11 is 0. The number of esters is 1. The minimum Gasteiger partial charge on any atom is -0.475 e. The number of rotatable bonds is 15. The van der Waals surface area contributed by atoms with Gasteiger partial charge in [0.1, 0.15) is 24.7 Å². The standard InChI is InChI=1S/C25H39N5O7.C2HF3O2/c1-15(2)21(24(34)28-11-19(31)27-12-20(32)36-5)30-25(35)22(16(3)4)29-23(33)18(26)14-37-13-17-9-7-6-8-10-17;3-2(4,5)1(6)7/h6-10,15-16,18,21-22H,11-14,26H2,1-5H3,(H,27,31)(H,28,34)(H,29,33)(H,30,35);(H,6,7)/t18-,21-,22-;/m0./s1. The molecule has 0 radical (unpaired) electrons. The monoisotopic (exact) mass is 635 g/mol. The predicted molar refractivity (Wildman–Crippen MR) is 149 cm³/mol.